The Hall–Kier alpha value is -3.90. The first-order valence-electron chi connectivity index (χ1n) is 13.4. The Morgan fingerprint density at radius 3 is 2.45 bits per heavy atom. The molecule has 6 nitrogen and oxygen atoms in total. The van der Waals surface area contributed by atoms with Crippen molar-refractivity contribution in [3.05, 3.63) is 95.6 Å². The maximum atomic E-state index is 5.81. The second kappa shape index (κ2) is 9.76. The first kappa shape index (κ1) is 24.4. The molecule has 6 rings (SSSR count). The fraction of sp³-hybridized carbons (Fsp3) is 0.312. The minimum atomic E-state index is 0.181. The lowest BCUT2D eigenvalue weighted by atomic mass is 9.86. The molecule has 0 bridgehead atoms. The molecule has 0 aliphatic carbocycles. The van der Waals surface area contributed by atoms with Gasteiger partial charge in [-0.25, -0.2) is 4.68 Å². The van der Waals surface area contributed by atoms with Crippen LogP contribution in [0.15, 0.2) is 67.4 Å². The highest BCUT2D eigenvalue weighted by molar-refractivity contribution is 6.10. The highest BCUT2D eigenvalue weighted by atomic mass is 16.5. The molecule has 3 aromatic heterocycles. The van der Waals surface area contributed by atoms with Crippen molar-refractivity contribution in [1.82, 2.24) is 24.1 Å². The van der Waals surface area contributed by atoms with Crippen LogP contribution >= 0.6 is 0 Å². The van der Waals surface area contributed by atoms with E-state index in [-0.39, 0.29) is 6.04 Å². The summed E-state index contributed by atoms with van der Waals surface area (Å²) in [5.74, 6) is 0.465. The molecule has 0 unspecified atom stereocenters. The van der Waals surface area contributed by atoms with Crippen molar-refractivity contribution < 1.29 is 4.74 Å². The molecule has 1 aliphatic heterocycles. The SMILES string of the molecule is C=C/C(=C\c1c(C)c2c3ccn(C)c3ccc2n1[C@H](c1ccccc1)C1CCOCC1)c1c(C)nnn1C. The summed E-state index contributed by atoms with van der Waals surface area (Å²) >= 11 is 0. The van der Waals surface area contributed by atoms with Crippen LogP contribution in [-0.2, 0) is 18.8 Å². The van der Waals surface area contributed by atoms with Gasteiger partial charge < -0.3 is 13.9 Å². The minimum Gasteiger partial charge on any atom is -0.381 e. The van der Waals surface area contributed by atoms with Gasteiger partial charge in [0.2, 0.25) is 0 Å². The zero-order chi connectivity index (χ0) is 26.4. The van der Waals surface area contributed by atoms with E-state index in [9.17, 15) is 0 Å². The number of rotatable bonds is 6. The predicted octanol–water partition coefficient (Wildman–Crippen LogP) is 6.62. The van der Waals surface area contributed by atoms with E-state index in [1.165, 1.54) is 38.6 Å². The first-order valence-corrected chi connectivity index (χ1v) is 13.4. The Morgan fingerprint density at radius 2 is 1.76 bits per heavy atom. The van der Waals surface area contributed by atoms with E-state index in [1.54, 1.807) is 0 Å². The van der Waals surface area contributed by atoms with E-state index in [1.807, 2.05) is 24.7 Å². The third-order valence-corrected chi connectivity index (χ3v) is 8.24. The Bertz CT molecular complexity index is 1640. The van der Waals surface area contributed by atoms with E-state index in [4.69, 9.17) is 4.74 Å². The van der Waals surface area contributed by atoms with Crippen molar-refractivity contribution >= 4 is 33.5 Å². The van der Waals surface area contributed by atoms with Crippen LogP contribution in [-0.4, -0.2) is 37.3 Å². The molecule has 4 heterocycles. The number of hydrogen-bond acceptors (Lipinski definition) is 3. The van der Waals surface area contributed by atoms with Gasteiger partial charge in [0, 0.05) is 61.1 Å². The van der Waals surface area contributed by atoms with Gasteiger partial charge >= 0.3 is 0 Å². The van der Waals surface area contributed by atoms with E-state index >= 15 is 0 Å². The van der Waals surface area contributed by atoms with Crippen molar-refractivity contribution in [2.24, 2.45) is 20.0 Å². The number of ether oxygens (including phenoxy) is 1. The van der Waals surface area contributed by atoms with Gasteiger partial charge in [0.05, 0.1) is 22.9 Å². The van der Waals surface area contributed by atoms with Gasteiger partial charge in [0.15, 0.2) is 0 Å². The van der Waals surface area contributed by atoms with Crippen LogP contribution < -0.4 is 0 Å². The predicted molar refractivity (Wildman–Crippen MR) is 155 cm³/mol. The van der Waals surface area contributed by atoms with Crippen LogP contribution in [0.1, 0.15) is 47.1 Å². The Morgan fingerprint density at radius 1 is 1.03 bits per heavy atom. The van der Waals surface area contributed by atoms with Crippen LogP contribution in [0.25, 0.3) is 33.5 Å². The van der Waals surface area contributed by atoms with Crippen molar-refractivity contribution in [3.8, 4) is 0 Å². The summed E-state index contributed by atoms with van der Waals surface area (Å²) < 4.78 is 12.4. The maximum absolute atomic E-state index is 5.81. The maximum Gasteiger partial charge on any atom is 0.0911 e. The van der Waals surface area contributed by atoms with Crippen LogP contribution in [0, 0.1) is 19.8 Å². The average Bonchev–Trinajstić information content (AvgIpc) is 3.57. The van der Waals surface area contributed by atoms with Crippen molar-refractivity contribution in [1.29, 1.82) is 0 Å². The fourth-order valence-electron chi connectivity index (χ4n) is 6.39. The topological polar surface area (TPSA) is 49.8 Å². The third kappa shape index (κ3) is 3.91. The summed E-state index contributed by atoms with van der Waals surface area (Å²) in [5.41, 5.74) is 9.21. The number of aromatic nitrogens is 5. The van der Waals surface area contributed by atoms with E-state index in [0.717, 1.165) is 43.0 Å². The molecule has 1 saturated heterocycles. The lowest BCUT2D eigenvalue weighted by Crippen LogP contribution is -2.27. The number of nitrogens with zero attached hydrogens (tertiary/aromatic N) is 5. The molecular weight excluding hydrogens is 470 g/mol. The van der Waals surface area contributed by atoms with Gasteiger partial charge in [0.1, 0.15) is 0 Å². The lowest BCUT2D eigenvalue weighted by Gasteiger charge is -2.33. The standard InChI is InChI=1S/C32H35N5O/c1-6-23(31-22(3)33-34-36(31)5)20-29-21(2)30-26-14-17-35(4)27(26)12-13-28(30)37(29)32(24-10-8-7-9-11-24)25-15-18-38-19-16-25/h6-14,17,20,25,32H,1,15-16,18-19H2,2-5H3/b23-20+/t32-/m1/s1. The molecule has 0 N–H and O–H groups in total. The van der Waals surface area contributed by atoms with Crippen LogP contribution in [0.5, 0.6) is 0 Å². The number of aryl methyl sites for hydroxylation is 4. The second-order valence-corrected chi connectivity index (χ2v) is 10.5. The Labute approximate surface area is 223 Å². The molecule has 0 amide bonds. The van der Waals surface area contributed by atoms with Gasteiger partial charge in [-0.05, 0) is 68.0 Å². The molecular formula is C32H35N5O. The summed E-state index contributed by atoms with van der Waals surface area (Å²) in [6.07, 6.45) is 8.45. The minimum absolute atomic E-state index is 0.181. The molecule has 0 radical (unpaired) electrons. The largest absolute Gasteiger partial charge is 0.381 e. The smallest absolute Gasteiger partial charge is 0.0911 e. The van der Waals surface area contributed by atoms with Crippen molar-refractivity contribution in [2.75, 3.05) is 13.2 Å². The quantitative estimate of drug-likeness (QED) is 0.244. The van der Waals surface area contributed by atoms with E-state index in [2.05, 4.69) is 101 Å². The van der Waals surface area contributed by atoms with Gasteiger partial charge in [-0.1, -0.05) is 48.2 Å². The van der Waals surface area contributed by atoms with Crippen molar-refractivity contribution in [3.63, 3.8) is 0 Å². The summed E-state index contributed by atoms with van der Waals surface area (Å²) in [7, 11) is 4.06. The number of allylic oxidation sites excluding steroid dienone is 2. The molecule has 0 spiro atoms. The Balaban J connectivity index is 1.70. The molecule has 2 aromatic carbocycles. The molecule has 194 valence electrons. The zero-order valence-corrected chi connectivity index (χ0v) is 22.7. The van der Waals surface area contributed by atoms with E-state index in [0.29, 0.717) is 5.92 Å². The van der Waals surface area contributed by atoms with E-state index < -0.39 is 0 Å². The Kier molecular flexibility index (Phi) is 6.28. The molecule has 6 heteroatoms. The second-order valence-electron chi connectivity index (χ2n) is 10.5. The van der Waals surface area contributed by atoms with Crippen LogP contribution in [0.2, 0.25) is 0 Å². The first-order chi connectivity index (χ1) is 18.5. The highest BCUT2D eigenvalue weighted by Crippen LogP contribution is 2.42. The molecule has 1 atom stereocenters. The molecule has 1 aliphatic rings. The van der Waals surface area contributed by atoms with Crippen LogP contribution in [0.4, 0.5) is 0 Å². The fourth-order valence-corrected chi connectivity index (χ4v) is 6.39. The van der Waals surface area contributed by atoms with Gasteiger partial charge in [0.25, 0.3) is 0 Å². The van der Waals surface area contributed by atoms with Crippen LogP contribution in [0.3, 0.4) is 0 Å². The van der Waals surface area contributed by atoms with Gasteiger partial charge in [-0.3, -0.25) is 0 Å². The highest BCUT2D eigenvalue weighted by Gasteiger charge is 2.31. The monoisotopic (exact) mass is 505 g/mol. The zero-order valence-electron chi connectivity index (χ0n) is 22.7. The molecule has 1 fully saturated rings. The summed E-state index contributed by atoms with van der Waals surface area (Å²) in [4.78, 5) is 0. The molecule has 0 saturated carbocycles. The average molecular weight is 506 g/mol. The lowest BCUT2D eigenvalue weighted by molar-refractivity contribution is 0.0547. The summed E-state index contributed by atoms with van der Waals surface area (Å²) in [6, 6.07) is 18.0. The molecule has 5 aromatic rings. The van der Waals surface area contributed by atoms with Crippen molar-refractivity contribution in [2.45, 2.75) is 32.7 Å². The number of benzene rings is 2. The summed E-state index contributed by atoms with van der Waals surface area (Å²) in [5, 5.41) is 11.2. The number of fused-ring (bicyclic) bond motifs is 3. The summed E-state index contributed by atoms with van der Waals surface area (Å²) in [6.45, 7) is 10.1. The molecule has 38 heavy (non-hydrogen) atoms. The van der Waals surface area contributed by atoms with Gasteiger partial charge in [-0.15, -0.1) is 5.10 Å². The van der Waals surface area contributed by atoms with Gasteiger partial charge in [-0.2, -0.15) is 0 Å². The third-order valence-electron chi connectivity index (χ3n) is 8.24. The normalized spacial score (nSPS) is 15.9. The number of hydrogen-bond donors (Lipinski definition) is 0.